The predicted molar refractivity (Wildman–Crippen MR) is 106 cm³/mol. The minimum atomic E-state index is -0.178. The van der Waals surface area contributed by atoms with Crippen molar-refractivity contribution in [3.63, 3.8) is 0 Å². The SMILES string of the molecule is O=C(CCc1ccc(Cl)cc1Cl)Nc1cc(N2CCCC2=O)ccc1Cl. The Labute approximate surface area is 167 Å². The van der Waals surface area contributed by atoms with E-state index < -0.39 is 0 Å². The molecule has 0 spiro atoms. The lowest BCUT2D eigenvalue weighted by Crippen LogP contribution is -2.23. The Balaban J connectivity index is 1.66. The summed E-state index contributed by atoms with van der Waals surface area (Å²) in [6, 6.07) is 10.4. The smallest absolute Gasteiger partial charge is 0.227 e. The fourth-order valence-corrected chi connectivity index (χ4v) is 3.55. The molecule has 0 bridgehead atoms. The van der Waals surface area contributed by atoms with Crippen molar-refractivity contribution in [3.8, 4) is 0 Å². The zero-order valence-electron chi connectivity index (χ0n) is 13.9. The van der Waals surface area contributed by atoms with Crippen LogP contribution < -0.4 is 10.2 Å². The largest absolute Gasteiger partial charge is 0.325 e. The number of nitrogens with one attached hydrogen (secondary N) is 1. The first-order valence-electron chi connectivity index (χ1n) is 8.28. The third-order valence-electron chi connectivity index (χ3n) is 4.25. The molecule has 1 N–H and O–H groups in total. The summed E-state index contributed by atoms with van der Waals surface area (Å²) < 4.78 is 0. The molecule has 0 radical (unpaired) electrons. The Morgan fingerprint density at radius 1 is 1.08 bits per heavy atom. The fraction of sp³-hybridized carbons (Fsp3) is 0.263. The van der Waals surface area contributed by atoms with Crippen LogP contribution in [0.5, 0.6) is 0 Å². The highest BCUT2D eigenvalue weighted by atomic mass is 35.5. The highest BCUT2D eigenvalue weighted by molar-refractivity contribution is 6.35. The van der Waals surface area contributed by atoms with Crippen LogP contribution in [0, 0.1) is 0 Å². The molecular formula is C19H17Cl3N2O2. The minimum absolute atomic E-state index is 0.0852. The summed E-state index contributed by atoms with van der Waals surface area (Å²) in [4.78, 5) is 25.9. The summed E-state index contributed by atoms with van der Waals surface area (Å²) in [5.74, 6) is -0.0928. The Kier molecular flexibility index (Phi) is 6.07. The third-order valence-corrected chi connectivity index (χ3v) is 5.16. The van der Waals surface area contributed by atoms with Crippen LogP contribution in [0.4, 0.5) is 11.4 Å². The number of carbonyl (C=O) groups is 2. The zero-order chi connectivity index (χ0) is 18.7. The number of halogens is 3. The number of rotatable bonds is 5. The molecule has 0 unspecified atom stereocenters. The number of hydrogen-bond acceptors (Lipinski definition) is 2. The standard InChI is InChI=1S/C19H17Cl3N2O2/c20-13-5-3-12(16(22)10-13)4-8-18(25)23-17-11-14(6-7-15(17)21)24-9-1-2-19(24)26/h3,5-7,10-11H,1-2,4,8-9H2,(H,23,25). The molecule has 2 amide bonds. The van der Waals surface area contributed by atoms with Crippen molar-refractivity contribution in [2.24, 2.45) is 0 Å². The summed E-state index contributed by atoms with van der Waals surface area (Å²) >= 11 is 18.2. The first-order chi connectivity index (χ1) is 12.4. The van der Waals surface area contributed by atoms with Crippen molar-refractivity contribution in [1.29, 1.82) is 0 Å². The lowest BCUT2D eigenvalue weighted by Gasteiger charge is -2.17. The summed E-state index contributed by atoms with van der Waals surface area (Å²) in [6.45, 7) is 0.683. The molecule has 0 atom stereocenters. The highest BCUT2D eigenvalue weighted by Gasteiger charge is 2.22. The molecule has 2 aromatic rings. The van der Waals surface area contributed by atoms with Crippen molar-refractivity contribution in [2.45, 2.75) is 25.7 Å². The van der Waals surface area contributed by atoms with Gasteiger partial charge in [0, 0.05) is 35.1 Å². The molecule has 0 aliphatic carbocycles. The van der Waals surface area contributed by atoms with Gasteiger partial charge in [0.05, 0.1) is 10.7 Å². The lowest BCUT2D eigenvalue weighted by atomic mass is 10.1. The van der Waals surface area contributed by atoms with E-state index in [-0.39, 0.29) is 18.2 Å². The highest BCUT2D eigenvalue weighted by Crippen LogP contribution is 2.30. The van der Waals surface area contributed by atoms with Crippen molar-refractivity contribution in [2.75, 3.05) is 16.8 Å². The number of amides is 2. The van der Waals surface area contributed by atoms with Crippen molar-refractivity contribution in [1.82, 2.24) is 0 Å². The number of aryl methyl sites for hydroxylation is 1. The first kappa shape index (κ1) is 19.0. The van der Waals surface area contributed by atoms with Gasteiger partial charge in [-0.1, -0.05) is 40.9 Å². The van der Waals surface area contributed by atoms with Gasteiger partial charge in [-0.2, -0.15) is 0 Å². The van der Waals surface area contributed by atoms with Crippen LogP contribution in [0.1, 0.15) is 24.8 Å². The molecule has 26 heavy (non-hydrogen) atoms. The van der Waals surface area contributed by atoms with Crippen LogP contribution in [0.25, 0.3) is 0 Å². The molecule has 0 aromatic heterocycles. The monoisotopic (exact) mass is 410 g/mol. The van der Waals surface area contributed by atoms with Gasteiger partial charge in [-0.3, -0.25) is 9.59 Å². The first-order valence-corrected chi connectivity index (χ1v) is 9.41. The Hall–Kier alpha value is -1.75. The van der Waals surface area contributed by atoms with Crippen molar-refractivity contribution >= 4 is 58.0 Å². The average molecular weight is 412 g/mol. The van der Waals surface area contributed by atoms with Gasteiger partial charge in [0.15, 0.2) is 0 Å². The van der Waals surface area contributed by atoms with E-state index in [0.29, 0.717) is 40.1 Å². The predicted octanol–water partition coefficient (Wildman–Crippen LogP) is 5.34. The van der Waals surface area contributed by atoms with Crippen LogP contribution in [-0.4, -0.2) is 18.4 Å². The molecule has 3 rings (SSSR count). The number of nitrogens with zero attached hydrogens (tertiary/aromatic N) is 1. The summed E-state index contributed by atoms with van der Waals surface area (Å²) in [6.07, 6.45) is 2.13. The molecule has 1 aliphatic heterocycles. The van der Waals surface area contributed by atoms with Gasteiger partial charge in [0.1, 0.15) is 0 Å². The molecule has 0 saturated carbocycles. The lowest BCUT2D eigenvalue weighted by molar-refractivity contribution is -0.117. The van der Waals surface area contributed by atoms with Crippen LogP contribution in [0.15, 0.2) is 36.4 Å². The van der Waals surface area contributed by atoms with Gasteiger partial charge >= 0.3 is 0 Å². The maximum Gasteiger partial charge on any atom is 0.227 e. The molecule has 7 heteroatoms. The van der Waals surface area contributed by atoms with Crippen LogP contribution in [-0.2, 0) is 16.0 Å². The summed E-state index contributed by atoms with van der Waals surface area (Å²) in [5.41, 5.74) is 2.10. The molecular weight excluding hydrogens is 395 g/mol. The van der Waals surface area contributed by atoms with Crippen LogP contribution in [0.3, 0.4) is 0 Å². The quantitative estimate of drug-likeness (QED) is 0.721. The van der Waals surface area contributed by atoms with E-state index in [1.165, 1.54) is 0 Å². The van der Waals surface area contributed by atoms with E-state index in [4.69, 9.17) is 34.8 Å². The average Bonchev–Trinajstić information content (AvgIpc) is 3.02. The van der Waals surface area contributed by atoms with Gasteiger partial charge in [0.2, 0.25) is 11.8 Å². The Morgan fingerprint density at radius 2 is 1.88 bits per heavy atom. The molecule has 2 aromatic carbocycles. The normalized spacial score (nSPS) is 14.0. The summed E-state index contributed by atoms with van der Waals surface area (Å²) in [7, 11) is 0. The van der Waals surface area contributed by atoms with E-state index in [9.17, 15) is 9.59 Å². The Bertz CT molecular complexity index is 855. The van der Waals surface area contributed by atoms with Gasteiger partial charge in [-0.05, 0) is 48.7 Å². The minimum Gasteiger partial charge on any atom is -0.325 e. The van der Waals surface area contributed by atoms with Gasteiger partial charge in [-0.25, -0.2) is 0 Å². The van der Waals surface area contributed by atoms with E-state index in [2.05, 4.69) is 5.32 Å². The van der Waals surface area contributed by atoms with Crippen LogP contribution in [0.2, 0.25) is 15.1 Å². The Morgan fingerprint density at radius 3 is 2.58 bits per heavy atom. The molecule has 1 fully saturated rings. The van der Waals surface area contributed by atoms with E-state index >= 15 is 0 Å². The van der Waals surface area contributed by atoms with E-state index in [1.807, 2.05) is 6.07 Å². The van der Waals surface area contributed by atoms with Gasteiger partial charge in [-0.15, -0.1) is 0 Å². The molecule has 4 nitrogen and oxygen atoms in total. The number of carbonyl (C=O) groups excluding carboxylic acids is 2. The summed E-state index contributed by atoms with van der Waals surface area (Å²) in [5, 5.41) is 4.34. The van der Waals surface area contributed by atoms with Crippen molar-refractivity contribution < 1.29 is 9.59 Å². The maximum atomic E-state index is 12.3. The second-order valence-corrected chi connectivity index (χ2v) is 7.35. The fourth-order valence-electron chi connectivity index (χ4n) is 2.88. The number of benzene rings is 2. The number of hydrogen-bond donors (Lipinski definition) is 1. The maximum absolute atomic E-state index is 12.3. The van der Waals surface area contributed by atoms with Crippen molar-refractivity contribution in [3.05, 3.63) is 57.0 Å². The number of anilines is 2. The molecule has 1 saturated heterocycles. The van der Waals surface area contributed by atoms with Crippen LogP contribution >= 0.6 is 34.8 Å². The van der Waals surface area contributed by atoms with Gasteiger partial charge < -0.3 is 10.2 Å². The van der Waals surface area contributed by atoms with E-state index in [0.717, 1.165) is 17.7 Å². The molecule has 1 aliphatic rings. The second-order valence-electron chi connectivity index (χ2n) is 6.10. The topological polar surface area (TPSA) is 49.4 Å². The zero-order valence-corrected chi connectivity index (χ0v) is 16.2. The third kappa shape index (κ3) is 4.50. The van der Waals surface area contributed by atoms with E-state index in [1.54, 1.807) is 35.2 Å². The van der Waals surface area contributed by atoms with Gasteiger partial charge in [0.25, 0.3) is 0 Å². The molecule has 136 valence electrons. The molecule has 1 heterocycles. The second kappa shape index (κ2) is 8.30.